The van der Waals surface area contributed by atoms with Crippen molar-refractivity contribution in [3.05, 3.63) is 12.2 Å². The van der Waals surface area contributed by atoms with Crippen LogP contribution in [0.15, 0.2) is 12.2 Å². The van der Waals surface area contributed by atoms with E-state index in [4.69, 9.17) is 0 Å². The minimum atomic E-state index is -0.539. The Labute approximate surface area is 87.2 Å². The standard InChI is InChI=1S/C13H20O/c1-5-7-11(14)12-10(2)8-6-9-13(12,3)4/h11-12,14H,2,6,8-9H2,1,3-4H3/t11-,12+/m1/s1. The van der Waals surface area contributed by atoms with Crippen LogP contribution in [0.2, 0.25) is 0 Å². The van der Waals surface area contributed by atoms with Crippen molar-refractivity contribution < 1.29 is 5.11 Å². The first kappa shape index (κ1) is 11.3. The van der Waals surface area contributed by atoms with E-state index >= 15 is 0 Å². The van der Waals surface area contributed by atoms with E-state index in [-0.39, 0.29) is 11.3 Å². The molecule has 0 radical (unpaired) electrons. The summed E-state index contributed by atoms with van der Waals surface area (Å²) < 4.78 is 0. The maximum Gasteiger partial charge on any atom is 0.121 e. The summed E-state index contributed by atoms with van der Waals surface area (Å²) in [5, 5.41) is 9.95. The minimum Gasteiger partial charge on any atom is -0.380 e. The van der Waals surface area contributed by atoms with Crippen molar-refractivity contribution >= 4 is 0 Å². The fourth-order valence-electron chi connectivity index (χ4n) is 2.52. The molecule has 0 aromatic rings. The van der Waals surface area contributed by atoms with Gasteiger partial charge < -0.3 is 5.11 Å². The molecule has 0 saturated heterocycles. The Bertz CT molecular complexity index is 277. The van der Waals surface area contributed by atoms with E-state index in [1.807, 2.05) is 0 Å². The Balaban J connectivity index is 2.88. The molecule has 0 aromatic heterocycles. The number of aliphatic hydroxyl groups is 1. The van der Waals surface area contributed by atoms with Crippen LogP contribution in [0.25, 0.3) is 0 Å². The number of aliphatic hydroxyl groups excluding tert-OH is 1. The van der Waals surface area contributed by atoms with Gasteiger partial charge >= 0.3 is 0 Å². The molecule has 1 N–H and O–H groups in total. The highest BCUT2D eigenvalue weighted by atomic mass is 16.3. The van der Waals surface area contributed by atoms with Gasteiger partial charge in [0.1, 0.15) is 6.10 Å². The zero-order valence-corrected chi connectivity index (χ0v) is 9.43. The molecule has 1 aliphatic carbocycles. The molecule has 0 aromatic carbocycles. The lowest BCUT2D eigenvalue weighted by Crippen LogP contribution is -2.37. The van der Waals surface area contributed by atoms with Crippen molar-refractivity contribution in [1.82, 2.24) is 0 Å². The molecule has 1 aliphatic rings. The summed E-state index contributed by atoms with van der Waals surface area (Å²) in [5.74, 6) is 5.77. The van der Waals surface area contributed by atoms with Gasteiger partial charge in [0.25, 0.3) is 0 Å². The van der Waals surface area contributed by atoms with Crippen molar-refractivity contribution in [2.45, 2.75) is 46.1 Å². The average Bonchev–Trinajstić information content (AvgIpc) is 2.02. The second kappa shape index (κ2) is 4.19. The van der Waals surface area contributed by atoms with E-state index in [0.717, 1.165) is 18.4 Å². The molecule has 0 spiro atoms. The lowest BCUT2D eigenvalue weighted by atomic mass is 9.64. The van der Waals surface area contributed by atoms with Crippen molar-refractivity contribution in [3.63, 3.8) is 0 Å². The molecular weight excluding hydrogens is 172 g/mol. The van der Waals surface area contributed by atoms with Crippen LogP contribution in [0.5, 0.6) is 0 Å². The first-order valence-corrected chi connectivity index (χ1v) is 5.27. The molecule has 78 valence electrons. The number of hydrogen-bond donors (Lipinski definition) is 1. The van der Waals surface area contributed by atoms with Gasteiger partial charge in [-0.3, -0.25) is 0 Å². The SMILES string of the molecule is C=C1CCCC(C)(C)[C@@H]1[C@H](O)C#CC. The summed E-state index contributed by atoms with van der Waals surface area (Å²) in [5.41, 5.74) is 1.30. The summed E-state index contributed by atoms with van der Waals surface area (Å²) in [7, 11) is 0. The van der Waals surface area contributed by atoms with Crippen LogP contribution in [0, 0.1) is 23.2 Å². The Morgan fingerprint density at radius 3 is 2.71 bits per heavy atom. The summed E-state index contributed by atoms with van der Waals surface area (Å²) in [6, 6.07) is 0. The summed E-state index contributed by atoms with van der Waals surface area (Å²) in [6.07, 6.45) is 2.84. The zero-order chi connectivity index (χ0) is 10.8. The van der Waals surface area contributed by atoms with Crippen LogP contribution in [-0.4, -0.2) is 11.2 Å². The number of hydrogen-bond acceptors (Lipinski definition) is 1. The second-order valence-corrected chi connectivity index (χ2v) is 4.82. The summed E-state index contributed by atoms with van der Waals surface area (Å²) >= 11 is 0. The van der Waals surface area contributed by atoms with Gasteiger partial charge in [0.15, 0.2) is 0 Å². The van der Waals surface area contributed by atoms with E-state index in [2.05, 4.69) is 32.3 Å². The zero-order valence-electron chi connectivity index (χ0n) is 9.43. The first-order valence-electron chi connectivity index (χ1n) is 5.27. The molecule has 1 fully saturated rings. The molecule has 1 saturated carbocycles. The minimum absolute atomic E-state index is 0.137. The van der Waals surface area contributed by atoms with Crippen LogP contribution in [-0.2, 0) is 0 Å². The smallest absolute Gasteiger partial charge is 0.121 e. The predicted octanol–water partition coefficient (Wildman–Crippen LogP) is 2.75. The van der Waals surface area contributed by atoms with Gasteiger partial charge in [-0.1, -0.05) is 31.9 Å². The normalized spacial score (nSPS) is 27.7. The summed E-state index contributed by atoms with van der Waals surface area (Å²) in [4.78, 5) is 0. The molecule has 1 heteroatoms. The molecule has 1 rings (SSSR count). The average molecular weight is 192 g/mol. The Hall–Kier alpha value is -0.740. The second-order valence-electron chi connectivity index (χ2n) is 4.82. The maximum atomic E-state index is 9.95. The predicted molar refractivity (Wildman–Crippen MR) is 59.7 cm³/mol. The van der Waals surface area contributed by atoms with Crippen molar-refractivity contribution in [2.24, 2.45) is 11.3 Å². The largest absolute Gasteiger partial charge is 0.380 e. The fraction of sp³-hybridized carbons (Fsp3) is 0.692. The Kier molecular flexibility index (Phi) is 3.39. The van der Waals surface area contributed by atoms with Crippen LogP contribution in [0.4, 0.5) is 0 Å². The van der Waals surface area contributed by atoms with E-state index < -0.39 is 6.10 Å². The molecule has 0 heterocycles. The van der Waals surface area contributed by atoms with E-state index in [9.17, 15) is 5.11 Å². The lowest BCUT2D eigenvalue weighted by Gasteiger charge is -2.41. The Morgan fingerprint density at radius 2 is 2.21 bits per heavy atom. The molecule has 0 aliphatic heterocycles. The van der Waals surface area contributed by atoms with Gasteiger partial charge in [0, 0.05) is 5.92 Å². The highest BCUT2D eigenvalue weighted by molar-refractivity contribution is 5.18. The third-order valence-corrected chi connectivity index (χ3v) is 3.21. The molecule has 0 amide bonds. The van der Waals surface area contributed by atoms with Crippen LogP contribution >= 0.6 is 0 Å². The van der Waals surface area contributed by atoms with Gasteiger partial charge in [0.2, 0.25) is 0 Å². The maximum absolute atomic E-state index is 9.95. The van der Waals surface area contributed by atoms with E-state index in [1.54, 1.807) is 6.92 Å². The topological polar surface area (TPSA) is 20.2 Å². The van der Waals surface area contributed by atoms with Crippen molar-refractivity contribution in [2.75, 3.05) is 0 Å². The molecule has 2 atom stereocenters. The van der Waals surface area contributed by atoms with E-state index in [0.29, 0.717) is 0 Å². The molecular formula is C13H20O. The van der Waals surface area contributed by atoms with E-state index in [1.165, 1.54) is 6.42 Å². The van der Waals surface area contributed by atoms with Gasteiger partial charge in [-0.05, 0) is 31.6 Å². The van der Waals surface area contributed by atoms with Gasteiger partial charge in [-0.2, -0.15) is 0 Å². The van der Waals surface area contributed by atoms with Crippen molar-refractivity contribution in [3.8, 4) is 11.8 Å². The lowest BCUT2D eigenvalue weighted by molar-refractivity contribution is 0.0733. The van der Waals surface area contributed by atoms with Crippen LogP contribution in [0.1, 0.15) is 40.0 Å². The van der Waals surface area contributed by atoms with Gasteiger partial charge in [-0.25, -0.2) is 0 Å². The van der Waals surface area contributed by atoms with Crippen LogP contribution < -0.4 is 0 Å². The first-order chi connectivity index (χ1) is 6.49. The summed E-state index contributed by atoms with van der Waals surface area (Å²) in [6.45, 7) is 10.2. The third kappa shape index (κ3) is 2.19. The fourth-order valence-corrected chi connectivity index (χ4v) is 2.52. The van der Waals surface area contributed by atoms with Crippen LogP contribution in [0.3, 0.4) is 0 Å². The molecule has 0 bridgehead atoms. The highest BCUT2D eigenvalue weighted by Crippen LogP contribution is 2.44. The number of rotatable bonds is 1. The van der Waals surface area contributed by atoms with Gasteiger partial charge in [-0.15, -0.1) is 5.92 Å². The highest BCUT2D eigenvalue weighted by Gasteiger charge is 2.38. The molecule has 14 heavy (non-hydrogen) atoms. The Morgan fingerprint density at radius 1 is 1.57 bits per heavy atom. The molecule has 0 unspecified atom stereocenters. The van der Waals surface area contributed by atoms with Crippen molar-refractivity contribution in [1.29, 1.82) is 0 Å². The molecule has 1 nitrogen and oxygen atoms in total. The monoisotopic (exact) mass is 192 g/mol. The third-order valence-electron chi connectivity index (χ3n) is 3.21. The quantitative estimate of drug-likeness (QED) is 0.500. The van der Waals surface area contributed by atoms with Gasteiger partial charge in [0.05, 0.1) is 0 Å².